The van der Waals surface area contributed by atoms with E-state index in [9.17, 15) is 14.4 Å². The third-order valence-electron chi connectivity index (χ3n) is 5.44. The van der Waals surface area contributed by atoms with E-state index in [0.717, 1.165) is 16.0 Å². The Morgan fingerprint density at radius 2 is 1.59 bits per heavy atom. The van der Waals surface area contributed by atoms with Gasteiger partial charge in [-0.2, -0.15) is 0 Å². The molecule has 172 valence electrons. The molecular weight excluding hydrogens is 432 g/mol. The SMILES string of the molecule is COc1cc(/C=C2/C(=O)NC(=O)N(Cc3ccccc3)C2=O)ccc1O[C@H](C)c1ccccc1. The molecule has 0 aromatic heterocycles. The number of methoxy groups -OCH3 is 1. The van der Waals surface area contributed by atoms with Gasteiger partial charge in [-0.1, -0.05) is 66.7 Å². The maximum atomic E-state index is 13.0. The minimum atomic E-state index is -0.743. The average molecular weight is 456 g/mol. The van der Waals surface area contributed by atoms with Crippen molar-refractivity contribution in [1.29, 1.82) is 0 Å². The van der Waals surface area contributed by atoms with Gasteiger partial charge >= 0.3 is 6.03 Å². The third-order valence-corrected chi connectivity index (χ3v) is 5.44. The van der Waals surface area contributed by atoms with Gasteiger partial charge in [-0.05, 0) is 41.8 Å². The number of barbiturate groups is 1. The topological polar surface area (TPSA) is 84.9 Å². The molecule has 1 atom stereocenters. The number of nitrogens with zero attached hydrogens (tertiary/aromatic N) is 1. The fourth-order valence-electron chi connectivity index (χ4n) is 3.62. The number of benzene rings is 3. The molecule has 1 aliphatic heterocycles. The van der Waals surface area contributed by atoms with E-state index in [-0.39, 0.29) is 18.2 Å². The van der Waals surface area contributed by atoms with Crippen LogP contribution < -0.4 is 14.8 Å². The molecular formula is C27H24N2O5. The quantitative estimate of drug-likeness (QED) is 0.418. The van der Waals surface area contributed by atoms with Gasteiger partial charge in [0.15, 0.2) is 11.5 Å². The van der Waals surface area contributed by atoms with Crippen molar-refractivity contribution >= 4 is 23.9 Å². The Morgan fingerprint density at radius 3 is 2.26 bits per heavy atom. The van der Waals surface area contributed by atoms with E-state index in [1.807, 2.05) is 55.5 Å². The molecule has 0 spiro atoms. The van der Waals surface area contributed by atoms with Gasteiger partial charge in [0.1, 0.15) is 11.7 Å². The molecule has 0 saturated carbocycles. The van der Waals surface area contributed by atoms with E-state index in [0.29, 0.717) is 17.1 Å². The first-order valence-corrected chi connectivity index (χ1v) is 10.8. The molecule has 0 radical (unpaired) electrons. The summed E-state index contributed by atoms with van der Waals surface area (Å²) in [5.74, 6) is -0.412. The van der Waals surface area contributed by atoms with Crippen LogP contribution in [0, 0.1) is 0 Å². The van der Waals surface area contributed by atoms with Crippen LogP contribution >= 0.6 is 0 Å². The van der Waals surface area contributed by atoms with Crippen molar-refractivity contribution < 1.29 is 23.9 Å². The Kier molecular flexibility index (Phi) is 6.73. The lowest BCUT2D eigenvalue weighted by Gasteiger charge is -2.26. The van der Waals surface area contributed by atoms with Crippen LogP contribution in [0.3, 0.4) is 0 Å². The van der Waals surface area contributed by atoms with Crippen LogP contribution in [-0.2, 0) is 16.1 Å². The largest absolute Gasteiger partial charge is 0.493 e. The zero-order valence-electron chi connectivity index (χ0n) is 18.9. The monoisotopic (exact) mass is 456 g/mol. The molecule has 1 saturated heterocycles. The lowest BCUT2D eigenvalue weighted by Crippen LogP contribution is -2.53. The summed E-state index contributed by atoms with van der Waals surface area (Å²) in [6, 6.07) is 23.3. The standard InChI is InChI=1S/C27H24N2O5/c1-18(21-11-7-4-8-12-21)34-23-14-13-20(16-24(23)33-2)15-22-25(30)28-27(32)29(26(22)31)17-19-9-5-3-6-10-19/h3-16,18H,17H2,1-2H3,(H,28,30,32)/b22-15-/t18-/m1/s1. The van der Waals surface area contributed by atoms with Gasteiger partial charge in [0.25, 0.3) is 11.8 Å². The zero-order valence-corrected chi connectivity index (χ0v) is 18.9. The number of urea groups is 1. The van der Waals surface area contributed by atoms with Crippen LogP contribution in [0.15, 0.2) is 84.4 Å². The van der Waals surface area contributed by atoms with E-state index in [1.165, 1.54) is 13.2 Å². The molecule has 0 unspecified atom stereocenters. The van der Waals surface area contributed by atoms with Gasteiger partial charge in [-0.3, -0.25) is 19.8 Å². The Balaban J connectivity index is 1.57. The highest BCUT2D eigenvalue weighted by atomic mass is 16.5. The minimum absolute atomic E-state index is 0.0591. The maximum absolute atomic E-state index is 13.0. The van der Waals surface area contributed by atoms with Crippen molar-refractivity contribution in [3.05, 3.63) is 101 Å². The number of nitrogens with one attached hydrogen (secondary N) is 1. The summed E-state index contributed by atoms with van der Waals surface area (Å²) < 4.78 is 11.5. The Bertz CT molecular complexity index is 1240. The molecule has 1 N–H and O–H groups in total. The predicted molar refractivity (Wildman–Crippen MR) is 127 cm³/mol. The Hall–Kier alpha value is -4.39. The van der Waals surface area contributed by atoms with Gasteiger partial charge in [0.2, 0.25) is 0 Å². The first kappa shape index (κ1) is 22.8. The minimum Gasteiger partial charge on any atom is -0.493 e. The molecule has 7 heteroatoms. The summed E-state index contributed by atoms with van der Waals surface area (Å²) in [6.45, 7) is 2.00. The first-order valence-electron chi connectivity index (χ1n) is 10.8. The van der Waals surface area contributed by atoms with Gasteiger partial charge in [0, 0.05) is 0 Å². The van der Waals surface area contributed by atoms with Crippen molar-refractivity contribution in [3.8, 4) is 11.5 Å². The van der Waals surface area contributed by atoms with Crippen molar-refractivity contribution in [1.82, 2.24) is 10.2 Å². The maximum Gasteiger partial charge on any atom is 0.331 e. The molecule has 3 aromatic carbocycles. The molecule has 1 aliphatic rings. The molecule has 7 nitrogen and oxygen atoms in total. The number of carbonyl (C=O) groups is 3. The number of amides is 4. The fraction of sp³-hybridized carbons (Fsp3) is 0.148. The Morgan fingerprint density at radius 1 is 0.912 bits per heavy atom. The smallest absolute Gasteiger partial charge is 0.331 e. The van der Waals surface area contributed by atoms with Crippen LogP contribution in [0.1, 0.15) is 29.7 Å². The lowest BCUT2D eigenvalue weighted by atomic mass is 10.1. The number of rotatable bonds is 7. The second kappa shape index (κ2) is 10.0. The molecule has 4 rings (SSSR count). The van der Waals surface area contributed by atoms with E-state index in [4.69, 9.17) is 9.47 Å². The van der Waals surface area contributed by atoms with Crippen LogP contribution in [-0.4, -0.2) is 29.9 Å². The summed E-state index contributed by atoms with van der Waals surface area (Å²) in [7, 11) is 1.52. The lowest BCUT2D eigenvalue weighted by molar-refractivity contribution is -0.130. The summed E-state index contributed by atoms with van der Waals surface area (Å²) >= 11 is 0. The Labute approximate surface area is 197 Å². The van der Waals surface area contributed by atoms with Crippen LogP contribution in [0.4, 0.5) is 4.79 Å². The zero-order chi connectivity index (χ0) is 24.1. The normalized spacial score (nSPS) is 15.8. The molecule has 34 heavy (non-hydrogen) atoms. The third kappa shape index (κ3) is 4.99. The second-order valence-electron chi connectivity index (χ2n) is 7.78. The van der Waals surface area contributed by atoms with Crippen LogP contribution in [0.25, 0.3) is 6.08 Å². The fourth-order valence-corrected chi connectivity index (χ4v) is 3.62. The molecule has 0 aliphatic carbocycles. The number of carbonyl (C=O) groups excluding carboxylic acids is 3. The second-order valence-corrected chi connectivity index (χ2v) is 7.78. The van der Waals surface area contributed by atoms with Crippen molar-refractivity contribution in [2.24, 2.45) is 0 Å². The molecule has 1 fully saturated rings. The number of imide groups is 2. The van der Waals surface area contributed by atoms with Crippen LogP contribution in [0.2, 0.25) is 0 Å². The van der Waals surface area contributed by atoms with Crippen molar-refractivity contribution in [3.63, 3.8) is 0 Å². The number of ether oxygens (including phenoxy) is 2. The van der Waals surface area contributed by atoms with E-state index in [2.05, 4.69) is 5.32 Å². The predicted octanol–water partition coefficient (Wildman–Crippen LogP) is 4.50. The average Bonchev–Trinajstić information content (AvgIpc) is 2.86. The molecule has 4 amide bonds. The van der Waals surface area contributed by atoms with Crippen molar-refractivity contribution in [2.45, 2.75) is 19.6 Å². The molecule has 0 bridgehead atoms. The van der Waals surface area contributed by atoms with Crippen LogP contribution in [0.5, 0.6) is 11.5 Å². The van der Waals surface area contributed by atoms with E-state index >= 15 is 0 Å². The highest BCUT2D eigenvalue weighted by molar-refractivity contribution is 6.30. The summed E-state index contributed by atoms with van der Waals surface area (Å²) in [5.41, 5.74) is 2.21. The van der Waals surface area contributed by atoms with Gasteiger partial charge in [-0.25, -0.2) is 4.79 Å². The first-order chi connectivity index (χ1) is 16.5. The highest BCUT2D eigenvalue weighted by Gasteiger charge is 2.35. The number of hydrogen-bond acceptors (Lipinski definition) is 5. The number of hydrogen-bond donors (Lipinski definition) is 1. The van der Waals surface area contributed by atoms with Gasteiger partial charge < -0.3 is 9.47 Å². The highest BCUT2D eigenvalue weighted by Crippen LogP contribution is 2.33. The van der Waals surface area contributed by atoms with E-state index in [1.54, 1.807) is 30.3 Å². The summed E-state index contributed by atoms with van der Waals surface area (Å²) in [5, 5.41) is 2.24. The van der Waals surface area contributed by atoms with Gasteiger partial charge in [0.05, 0.1) is 13.7 Å². The summed E-state index contributed by atoms with van der Waals surface area (Å²) in [6.07, 6.45) is 1.23. The van der Waals surface area contributed by atoms with Crippen molar-refractivity contribution in [2.75, 3.05) is 7.11 Å². The molecule has 1 heterocycles. The van der Waals surface area contributed by atoms with Gasteiger partial charge in [-0.15, -0.1) is 0 Å². The summed E-state index contributed by atoms with van der Waals surface area (Å²) in [4.78, 5) is 38.7. The van der Waals surface area contributed by atoms with E-state index < -0.39 is 17.8 Å². The molecule has 3 aromatic rings.